The predicted molar refractivity (Wildman–Crippen MR) is 107 cm³/mol. The molecule has 1 N–H and O–H groups in total. The van der Waals surface area contributed by atoms with Crippen LogP contribution in [-0.2, 0) is 14.3 Å². The smallest absolute Gasteiger partial charge is 0.310 e. The topological polar surface area (TPSA) is 64.6 Å². The summed E-state index contributed by atoms with van der Waals surface area (Å²) in [6, 6.07) is 15.1. The number of nitrogens with one attached hydrogen (secondary N) is 1. The summed E-state index contributed by atoms with van der Waals surface area (Å²) in [5, 5.41) is 2.97. The molecule has 2 aromatic carbocycles. The normalized spacial score (nSPS) is 32.3. The van der Waals surface area contributed by atoms with Crippen LogP contribution in [0.15, 0.2) is 48.5 Å². The average molecular weight is 442 g/mol. The Morgan fingerprint density at radius 3 is 2.68 bits per heavy atom. The van der Waals surface area contributed by atoms with Gasteiger partial charge < -0.3 is 14.8 Å². The second kappa shape index (κ2) is 6.62. The zero-order valence-electron chi connectivity index (χ0n) is 15.3. The van der Waals surface area contributed by atoms with Gasteiger partial charge in [0.2, 0.25) is 5.91 Å². The molecule has 5 nitrogen and oxygen atoms in total. The third-order valence-corrected chi connectivity index (χ3v) is 7.37. The van der Waals surface area contributed by atoms with E-state index in [9.17, 15) is 9.59 Å². The van der Waals surface area contributed by atoms with Crippen LogP contribution in [0.3, 0.4) is 0 Å². The van der Waals surface area contributed by atoms with Crippen molar-refractivity contribution in [3.8, 4) is 11.5 Å². The summed E-state index contributed by atoms with van der Waals surface area (Å²) in [4.78, 5) is 25.2. The molecular weight excluding hydrogens is 422 g/mol. The van der Waals surface area contributed by atoms with Gasteiger partial charge in [-0.15, -0.1) is 0 Å². The van der Waals surface area contributed by atoms with Gasteiger partial charge in [-0.05, 0) is 61.2 Å². The lowest BCUT2D eigenvalue weighted by molar-refractivity contribution is -0.145. The molecule has 0 unspecified atom stereocenters. The van der Waals surface area contributed by atoms with Gasteiger partial charge in [0.05, 0.1) is 16.7 Å². The van der Waals surface area contributed by atoms with E-state index in [0.29, 0.717) is 11.4 Å². The lowest BCUT2D eigenvalue weighted by Gasteiger charge is -2.27. The van der Waals surface area contributed by atoms with E-state index < -0.39 is 0 Å². The highest BCUT2D eigenvalue weighted by molar-refractivity contribution is 9.09. The number of hydrogen-bond acceptors (Lipinski definition) is 4. The molecule has 144 valence electrons. The molecule has 1 heterocycles. The van der Waals surface area contributed by atoms with E-state index in [4.69, 9.17) is 9.47 Å². The van der Waals surface area contributed by atoms with Gasteiger partial charge in [0.1, 0.15) is 17.6 Å². The minimum absolute atomic E-state index is 0.0652. The number of ether oxygens (including phenoxy) is 2. The van der Waals surface area contributed by atoms with Crippen LogP contribution in [0, 0.1) is 30.6 Å². The number of carbonyl (C=O) groups is 2. The van der Waals surface area contributed by atoms with E-state index in [1.165, 1.54) is 0 Å². The molecule has 1 amide bonds. The molecule has 1 saturated heterocycles. The summed E-state index contributed by atoms with van der Waals surface area (Å²) in [5.41, 5.74) is 1.82. The van der Waals surface area contributed by atoms with Gasteiger partial charge in [0.15, 0.2) is 0 Å². The number of esters is 1. The summed E-state index contributed by atoms with van der Waals surface area (Å²) >= 11 is 3.64. The molecule has 3 fully saturated rings. The summed E-state index contributed by atoms with van der Waals surface area (Å²) in [7, 11) is 0. The lowest BCUT2D eigenvalue weighted by Crippen LogP contribution is -2.40. The molecule has 0 aromatic heterocycles. The van der Waals surface area contributed by atoms with Crippen LogP contribution in [0.1, 0.15) is 12.0 Å². The number of fused-ring (bicyclic) bond motifs is 1. The number of benzene rings is 2. The molecule has 2 aliphatic carbocycles. The Morgan fingerprint density at radius 2 is 1.93 bits per heavy atom. The van der Waals surface area contributed by atoms with Crippen LogP contribution in [0.25, 0.3) is 0 Å². The maximum absolute atomic E-state index is 12.9. The van der Waals surface area contributed by atoms with Crippen molar-refractivity contribution in [1.82, 2.24) is 0 Å². The number of carbonyl (C=O) groups excluding carboxylic acids is 2. The van der Waals surface area contributed by atoms with Crippen LogP contribution < -0.4 is 10.1 Å². The largest absolute Gasteiger partial charge is 0.461 e. The highest BCUT2D eigenvalue weighted by Gasteiger charge is 2.67. The molecule has 28 heavy (non-hydrogen) atoms. The number of alkyl halides is 1. The lowest BCUT2D eigenvalue weighted by atomic mass is 9.79. The fourth-order valence-electron chi connectivity index (χ4n) is 4.98. The molecule has 1 aliphatic heterocycles. The average Bonchev–Trinajstić information content (AvgIpc) is 3.28. The summed E-state index contributed by atoms with van der Waals surface area (Å²) in [6.07, 6.45) is 0.808. The summed E-state index contributed by atoms with van der Waals surface area (Å²) in [5.74, 6) is 0.838. The molecule has 6 heteroatoms. The first-order chi connectivity index (χ1) is 13.5. The molecule has 2 bridgehead atoms. The Morgan fingerprint density at radius 1 is 1.14 bits per heavy atom. The quantitative estimate of drug-likeness (QED) is 0.567. The Bertz CT molecular complexity index is 944. The third-order valence-electron chi connectivity index (χ3n) is 6.17. The van der Waals surface area contributed by atoms with Gasteiger partial charge in [0.25, 0.3) is 0 Å². The fraction of sp³-hybridized carbons (Fsp3) is 0.364. The minimum atomic E-state index is -0.330. The number of rotatable bonds is 4. The molecule has 2 aromatic rings. The number of aryl methyl sites for hydroxylation is 1. The number of hydrogen-bond donors (Lipinski definition) is 1. The molecule has 0 spiro atoms. The van der Waals surface area contributed by atoms with Gasteiger partial charge in [-0.2, -0.15) is 0 Å². The summed E-state index contributed by atoms with van der Waals surface area (Å²) < 4.78 is 11.3. The van der Waals surface area contributed by atoms with E-state index in [1.54, 1.807) is 0 Å². The van der Waals surface area contributed by atoms with E-state index >= 15 is 0 Å². The van der Waals surface area contributed by atoms with Crippen molar-refractivity contribution >= 4 is 33.5 Å². The highest BCUT2D eigenvalue weighted by atomic mass is 79.9. The van der Waals surface area contributed by atoms with Gasteiger partial charge in [0, 0.05) is 11.6 Å². The number of halogens is 1. The van der Waals surface area contributed by atoms with Gasteiger partial charge in [-0.3, -0.25) is 9.59 Å². The van der Waals surface area contributed by atoms with Crippen molar-refractivity contribution < 1.29 is 19.1 Å². The standard InChI is InChI=1S/C22H20BrNO4/c1-11-3-2-4-14(9-11)27-13-7-5-12(6-8-13)24-21(25)17-15-10-16-18(17)22(26)28-20(16)19(15)23/h2-9,15-20H,10H2,1H3,(H,24,25)/t15-,16-,17-,18+,19-,20+/m1/s1. The van der Waals surface area contributed by atoms with E-state index in [2.05, 4.69) is 21.2 Å². The Hall–Kier alpha value is -2.34. The second-order valence-corrected chi connectivity index (χ2v) is 8.95. The van der Waals surface area contributed by atoms with Crippen molar-refractivity contribution in [1.29, 1.82) is 0 Å². The zero-order valence-corrected chi connectivity index (χ0v) is 16.9. The first-order valence-corrected chi connectivity index (χ1v) is 10.4. The third kappa shape index (κ3) is 2.82. The highest BCUT2D eigenvalue weighted by Crippen LogP contribution is 2.60. The minimum Gasteiger partial charge on any atom is -0.461 e. The van der Waals surface area contributed by atoms with Crippen molar-refractivity contribution in [3.05, 3.63) is 54.1 Å². The molecular formula is C22H20BrNO4. The maximum atomic E-state index is 12.9. The van der Waals surface area contributed by atoms with Gasteiger partial charge >= 0.3 is 5.97 Å². The van der Waals surface area contributed by atoms with Crippen molar-refractivity contribution in [2.24, 2.45) is 23.7 Å². The number of amides is 1. The van der Waals surface area contributed by atoms with Crippen molar-refractivity contribution in [2.45, 2.75) is 24.3 Å². The van der Waals surface area contributed by atoms with Gasteiger partial charge in [-0.25, -0.2) is 0 Å². The van der Waals surface area contributed by atoms with Crippen molar-refractivity contribution in [3.63, 3.8) is 0 Å². The molecule has 6 atom stereocenters. The van der Waals surface area contributed by atoms with Crippen molar-refractivity contribution in [2.75, 3.05) is 5.32 Å². The van der Waals surface area contributed by atoms with Crippen LogP contribution in [0.5, 0.6) is 11.5 Å². The molecule has 0 radical (unpaired) electrons. The maximum Gasteiger partial charge on any atom is 0.310 e. The molecule has 3 aliphatic rings. The predicted octanol–water partition coefficient (Wildman–Crippen LogP) is 4.30. The molecule has 5 rings (SSSR count). The molecule has 2 saturated carbocycles. The zero-order chi connectivity index (χ0) is 19.4. The summed E-state index contributed by atoms with van der Waals surface area (Å²) in [6.45, 7) is 2.01. The van der Waals surface area contributed by atoms with Crippen LogP contribution in [0.2, 0.25) is 0 Å². The fourth-order valence-corrected chi connectivity index (χ4v) is 6.02. The Labute approximate surface area is 171 Å². The first kappa shape index (κ1) is 17.7. The SMILES string of the molecule is Cc1cccc(Oc2ccc(NC(=O)[C@@H]3[C@H]4C[C@H]5[C@H](OC(=O)[C@@H]53)[C@@H]4Br)cc2)c1. The van der Waals surface area contributed by atoms with E-state index in [0.717, 1.165) is 17.7 Å². The van der Waals surface area contributed by atoms with Crippen LogP contribution in [-0.4, -0.2) is 22.8 Å². The monoisotopic (exact) mass is 441 g/mol. The van der Waals surface area contributed by atoms with Crippen LogP contribution >= 0.6 is 15.9 Å². The van der Waals surface area contributed by atoms with Crippen LogP contribution in [0.4, 0.5) is 5.69 Å². The Balaban J connectivity index is 1.28. The number of anilines is 1. The van der Waals surface area contributed by atoms with E-state index in [-0.39, 0.29) is 46.5 Å². The van der Waals surface area contributed by atoms with Gasteiger partial charge in [-0.1, -0.05) is 28.1 Å². The first-order valence-electron chi connectivity index (χ1n) is 9.51. The second-order valence-electron chi connectivity index (χ2n) is 7.89. The van der Waals surface area contributed by atoms with E-state index in [1.807, 2.05) is 55.5 Å². The Kier molecular flexibility index (Phi) is 4.19.